The van der Waals surface area contributed by atoms with Crippen molar-refractivity contribution in [2.24, 2.45) is 0 Å². The Morgan fingerprint density at radius 1 is 1.00 bits per heavy atom. The molecular formula is C18H20N2O6S. The minimum absolute atomic E-state index is 0.00193. The Morgan fingerprint density at radius 3 is 2.22 bits per heavy atom. The van der Waals surface area contributed by atoms with Crippen LogP contribution in [0.25, 0.3) is 0 Å². The van der Waals surface area contributed by atoms with Crippen LogP contribution in [0.5, 0.6) is 5.75 Å². The average molecular weight is 392 g/mol. The highest BCUT2D eigenvalue weighted by atomic mass is 32.2. The van der Waals surface area contributed by atoms with Crippen molar-refractivity contribution in [1.82, 2.24) is 4.72 Å². The molecule has 0 saturated carbocycles. The number of benzene rings is 2. The van der Waals surface area contributed by atoms with Gasteiger partial charge in [-0.05, 0) is 43.3 Å². The molecule has 0 aromatic heterocycles. The second-order valence-corrected chi connectivity index (χ2v) is 7.26. The van der Waals surface area contributed by atoms with E-state index in [1.54, 1.807) is 12.1 Å². The van der Waals surface area contributed by atoms with Gasteiger partial charge in [0.1, 0.15) is 5.75 Å². The first-order valence-corrected chi connectivity index (χ1v) is 9.41. The van der Waals surface area contributed by atoms with Gasteiger partial charge in [0.2, 0.25) is 15.9 Å². The third kappa shape index (κ3) is 5.05. The molecule has 0 bridgehead atoms. The Kier molecular flexibility index (Phi) is 6.54. The molecule has 9 heteroatoms. The minimum atomic E-state index is -3.91. The SMILES string of the molecule is COC(=O)c1ccccc1NC(=O)[C@H](C)NS(=O)(=O)c1ccc(OC)cc1. The number of carbonyl (C=O) groups is 2. The molecule has 2 rings (SSSR count). The summed E-state index contributed by atoms with van der Waals surface area (Å²) in [5, 5.41) is 2.53. The molecule has 2 aromatic carbocycles. The Morgan fingerprint density at radius 2 is 1.63 bits per heavy atom. The van der Waals surface area contributed by atoms with Crippen LogP contribution in [0.4, 0.5) is 5.69 Å². The van der Waals surface area contributed by atoms with Gasteiger partial charge in [-0.15, -0.1) is 0 Å². The van der Waals surface area contributed by atoms with Crippen molar-refractivity contribution in [3.05, 3.63) is 54.1 Å². The predicted octanol–water partition coefficient (Wildman–Crippen LogP) is 1.79. The normalized spacial score (nSPS) is 12.1. The van der Waals surface area contributed by atoms with Gasteiger partial charge in [-0.1, -0.05) is 12.1 Å². The van der Waals surface area contributed by atoms with Crippen LogP contribution in [0.1, 0.15) is 17.3 Å². The van der Waals surface area contributed by atoms with E-state index in [0.29, 0.717) is 5.75 Å². The van der Waals surface area contributed by atoms with Gasteiger partial charge in [0, 0.05) is 0 Å². The first kappa shape index (κ1) is 20.4. The number of sulfonamides is 1. The number of amides is 1. The van der Waals surface area contributed by atoms with Crippen molar-refractivity contribution in [3.8, 4) is 5.75 Å². The van der Waals surface area contributed by atoms with E-state index >= 15 is 0 Å². The number of nitrogens with one attached hydrogen (secondary N) is 2. The lowest BCUT2D eigenvalue weighted by atomic mass is 10.1. The molecule has 0 fully saturated rings. The van der Waals surface area contributed by atoms with Crippen LogP contribution in [0.2, 0.25) is 0 Å². The zero-order valence-electron chi connectivity index (χ0n) is 15.1. The van der Waals surface area contributed by atoms with Crippen LogP contribution in [-0.4, -0.2) is 40.6 Å². The van der Waals surface area contributed by atoms with Crippen LogP contribution in [0, 0.1) is 0 Å². The molecule has 8 nitrogen and oxygen atoms in total. The summed E-state index contributed by atoms with van der Waals surface area (Å²) >= 11 is 0. The van der Waals surface area contributed by atoms with E-state index in [4.69, 9.17) is 4.74 Å². The molecule has 0 heterocycles. The standard InChI is InChI=1S/C18H20N2O6S/c1-12(20-27(23,24)14-10-8-13(25-2)9-11-14)17(21)19-16-7-5-4-6-15(16)18(22)26-3/h4-12,20H,1-3H3,(H,19,21)/t12-/m0/s1. The number of carbonyl (C=O) groups excluding carboxylic acids is 2. The second-order valence-electron chi connectivity index (χ2n) is 5.54. The van der Waals surface area contributed by atoms with Gasteiger partial charge in [0.05, 0.1) is 36.4 Å². The minimum Gasteiger partial charge on any atom is -0.497 e. The summed E-state index contributed by atoms with van der Waals surface area (Å²) in [6, 6.07) is 10.9. The number of rotatable bonds is 7. The van der Waals surface area contributed by atoms with Gasteiger partial charge in [-0.25, -0.2) is 13.2 Å². The van der Waals surface area contributed by atoms with Gasteiger partial charge in [-0.3, -0.25) is 4.79 Å². The van der Waals surface area contributed by atoms with Crippen LogP contribution < -0.4 is 14.8 Å². The molecule has 0 aliphatic heterocycles. The molecule has 2 aromatic rings. The van der Waals surface area contributed by atoms with Crippen LogP contribution in [-0.2, 0) is 19.6 Å². The topological polar surface area (TPSA) is 111 Å². The monoisotopic (exact) mass is 392 g/mol. The summed E-state index contributed by atoms with van der Waals surface area (Å²) < 4.78 is 36.8. The Hall–Kier alpha value is -2.91. The lowest BCUT2D eigenvalue weighted by molar-refractivity contribution is -0.117. The van der Waals surface area contributed by atoms with Crippen LogP contribution >= 0.6 is 0 Å². The van der Waals surface area contributed by atoms with Crippen molar-refractivity contribution >= 4 is 27.6 Å². The molecule has 0 unspecified atom stereocenters. The van der Waals surface area contributed by atoms with E-state index < -0.39 is 27.9 Å². The fourth-order valence-corrected chi connectivity index (χ4v) is 3.43. The van der Waals surface area contributed by atoms with Gasteiger partial charge < -0.3 is 14.8 Å². The molecule has 0 aliphatic carbocycles. The summed E-state index contributed by atoms with van der Waals surface area (Å²) in [6.07, 6.45) is 0. The summed E-state index contributed by atoms with van der Waals surface area (Å²) in [6.45, 7) is 1.40. The largest absolute Gasteiger partial charge is 0.497 e. The van der Waals surface area contributed by atoms with E-state index in [0.717, 1.165) is 0 Å². The van der Waals surface area contributed by atoms with Crippen molar-refractivity contribution in [3.63, 3.8) is 0 Å². The van der Waals surface area contributed by atoms with E-state index in [1.807, 2.05) is 0 Å². The Bertz CT molecular complexity index is 925. The lowest BCUT2D eigenvalue weighted by Crippen LogP contribution is -2.41. The molecule has 0 radical (unpaired) electrons. The number of ether oxygens (including phenoxy) is 2. The molecule has 27 heavy (non-hydrogen) atoms. The van der Waals surface area contributed by atoms with Gasteiger partial charge >= 0.3 is 5.97 Å². The van der Waals surface area contributed by atoms with Crippen LogP contribution in [0.3, 0.4) is 0 Å². The molecule has 144 valence electrons. The summed E-state index contributed by atoms with van der Waals surface area (Å²) in [5.41, 5.74) is 0.392. The molecule has 1 atom stereocenters. The predicted molar refractivity (Wildman–Crippen MR) is 99.2 cm³/mol. The third-order valence-electron chi connectivity index (χ3n) is 3.69. The van der Waals surface area contributed by atoms with E-state index in [-0.39, 0.29) is 16.1 Å². The van der Waals surface area contributed by atoms with Crippen molar-refractivity contribution in [2.75, 3.05) is 19.5 Å². The van der Waals surface area contributed by atoms with Crippen molar-refractivity contribution in [2.45, 2.75) is 17.9 Å². The molecular weight excluding hydrogens is 372 g/mol. The highest BCUT2D eigenvalue weighted by molar-refractivity contribution is 7.89. The van der Waals surface area contributed by atoms with Crippen LogP contribution in [0.15, 0.2) is 53.4 Å². The van der Waals surface area contributed by atoms with E-state index in [9.17, 15) is 18.0 Å². The first-order chi connectivity index (χ1) is 12.8. The maximum absolute atomic E-state index is 12.4. The number of methoxy groups -OCH3 is 2. The highest BCUT2D eigenvalue weighted by Gasteiger charge is 2.23. The molecule has 1 amide bonds. The lowest BCUT2D eigenvalue weighted by Gasteiger charge is -2.16. The maximum Gasteiger partial charge on any atom is 0.339 e. The zero-order chi connectivity index (χ0) is 20.0. The second kappa shape index (κ2) is 8.65. The van der Waals surface area contributed by atoms with Gasteiger partial charge in [-0.2, -0.15) is 4.72 Å². The van der Waals surface area contributed by atoms with Gasteiger partial charge in [0.15, 0.2) is 0 Å². The Labute approximate surface area is 157 Å². The zero-order valence-corrected chi connectivity index (χ0v) is 15.9. The Balaban J connectivity index is 2.12. The summed E-state index contributed by atoms with van der Waals surface area (Å²) in [4.78, 5) is 24.1. The number of hydrogen-bond acceptors (Lipinski definition) is 6. The molecule has 0 saturated heterocycles. The van der Waals surface area contributed by atoms with Crippen molar-refractivity contribution in [1.29, 1.82) is 0 Å². The van der Waals surface area contributed by atoms with Crippen molar-refractivity contribution < 1.29 is 27.5 Å². The molecule has 0 aliphatic rings. The highest BCUT2D eigenvalue weighted by Crippen LogP contribution is 2.18. The fourth-order valence-electron chi connectivity index (χ4n) is 2.23. The quantitative estimate of drug-likeness (QED) is 0.695. The fraction of sp³-hybridized carbons (Fsp3) is 0.222. The number of esters is 1. The third-order valence-corrected chi connectivity index (χ3v) is 5.24. The number of hydrogen-bond donors (Lipinski definition) is 2. The summed E-state index contributed by atoms with van der Waals surface area (Å²) in [7, 11) is -1.21. The van der Waals surface area contributed by atoms with Gasteiger partial charge in [0.25, 0.3) is 0 Å². The van der Waals surface area contributed by atoms with E-state index in [1.165, 1.54) is 57.5 Å². The maximum atomic E-state index is 12.4. The van der Waals surface area contributed by atoms with E-state index in [2.05, 4.69) is 14.8 Å². The first-order valence-electron chi connectivity index (χ1n) is 7.93. The average Bonchev–Trinajstić information content (AvgIpc) is 2.67. The number of anilines is 1. The number of para-hydroxylation sites is 1. The molecule has 2 N–H and O–H groups in total. The smallest absolute Gasteiger partial charge is 0.339 e. The molecule has 0 spiro atoms. The summed E-state index contributed by atoms with van der Waals surface area (Å²) in [5.74, 6) is -0.722.